The molecule has 1 rings (SSSR count). The first-order valence-corrected chi connectivity index (χ1v) is 7.03. The van der Waals surface area contributed by atoms with Crippen molar-refractivity contribution < 1.29 is 9.47 Å². The molecule has 0 amide bonds. The predicted octanol–water partition coefficient (Wildman–Crippen LogP) is 2.68. The minimum absolute atomic E-state index is 0.514. The fourth-order valence-corrected chi connectivity index (χ4v) is 1.92. The number of methoxy groups -OCH3 is 1. The normalized spacial score (nSPS) is 10.8. The molecule has 0 radical (unpaired) electrons. The van der Waals surface area contributed by atoms with Crippen molar-refractivity contribution in [3.8, 4) is 11.8 Å². The van der Waals surface area contributed by atoms with E-state index in [1.807, 2.05) is 12.1 Å². The van der Waals surface area contributed by atoms with E-state index in [2.05, 4.69) is 24.8 Å². The van der Waals surface area contributed by atoms with E-state index in [1.54, 1.807) is 19.2 Å². The average Bonchev–Trinajstić information content (AvgIpc) is 2.46. The molecule has 110 valence electrons. The largest absolute Gasteiger partial charge is 0.494 e. The van der Waals surface area contributed by atoms with Crippen LogP contribution in [0.3, 0.4) is 0 Å². The highest BCUT2D eigenvalue weighted by Crippen LogP contribution is 2.12. The summed E-state index contributed by atoms with van der Waals surface area (Å²) in [4.78, 5) is 2.38. The Morgan fingerprint density at radius 2 is 1.85 bits per heavy atom. The van der Waals surface area contributed by atoms with E-state index in [1.165, 1.54) is 0 Å². The molecule has 0 heterocycles. The lowest BCUT2D eigenvalue weighted by Crippen LogP contribution is -2.35. The first kappa shape index (κ1) is 16.5. The van der Waals surface area contributed by atoms with Crippen LogP contribution in [0.4, 0.5) is 0 Å². The third-order valence-electron chi connectivity index (χ3n) is 3.15. The van der Waals surface area contributed by atoms with Gasteiger partial charge in [-0.15, -0.1) is 0 Å². The van der Waals surface area contributed by atoms with Crippen molar-refractivity contribution in [2.45, 2.75) is 26.3 Å². The first-order valence-electron chi connectivity index (χ1n) is 7.03. The summed E-state index contributed by atoms with van der Waals surface area (Å²) in [5.41, 5.74) is 0.655. The number of nitriles is 1. The van der Waals surface area contributed by atoms with Gasteiger partial charge in [0.05, 0.1) is 24.8 Å². The van der Waals surface area contributed by atoms with Crippen molar-refractivity contribution in [3.05, 3.63) is 29.8 Å². The van der Waals surface area contributed by atoms with Crippen LogP contribution in [-0.4, -0.2) is 44.4 Å². The van der Waals surface area contributed by atoms with E-state index < -0.39 is 0 Å². The van der Waals surface area contributed by atoms with Gasteiger partial charge in [0, 0.05) is 26.2 Å². The topological polar surface area (TPSA) is 45.5 Å². The van der Waals surface area contributed by atoms with Crippen LogP contribution in [-0.2, 0) is 4.74 Å². The van der Waals surface area contributed by atoms with Crippen LogP contribution >= 0.6 is 0 Å². The van der Waals surface area contributed by atoms with Crippen LogP contribution in [0.15, 0.2) is 24.3 Å². The van der Waals surface area contributed by atoms with Gasteiger partial charge in [-0.25, -0.2) is 0 Å². The van der Waals surface area contributed by atoms with E-state index in [-0.39, 0.29) is 0 Å². The minimum atomic E-state index is 0.514. The molecule has 0 spiro atoms. The van der Waals surface area contributed by atoms with Crippen molar-refractivity contribution in [3.63, 3.8) is 0 Å². The first-order chi connectivity index (χ1) is 9.67. The summed E-state index contributed by atoms with van der Waals surface area (Å²) in [5, 5.41) is 8.72. The second-order valence-electron chi connectivity index (χ2n) is 4.96. The third-order valence-corrected chi connectivity index (χ3v) is 3.15. The van der Waals surface area contributed by atoms with Crippen LogP contribution in [0.2, 0.25) is 0 Å². The Hall–Kier alpha value is -1.57. The van der Waals surface area contributed by atoms with E-state index in [0.717, 1.165) is 31.9 Å². The molecule has 20 heavy (non-hydrogen) atoms. The van der Waals surface area contributed by atoms with Gasteiger partial charge in [0.1, 0.15) is 5.75 Å². The molecule has 1 aromatic rings. The van der Waals surface area contributed by atoms with E-state index in [0.29, 0.717) is 18.2 Å². The molecule has 4 nitrogen and oxygen atoms in total. The predicted molar refractivity (Wildman–Crippen MR) is 79.9 cm³/mol. The van der Waals surface area contributed by atoms with Gasteiger partial charge in [-0.1, -0.05) is 0 Å². The quantitative estimate of drug-likeness (QED) is 0.651. The molecular weight excluding hydrogens is 252 g/mol. The van der Waals surface area contributed by atoms with Gasteiger partial charge < -0.3 is 9.47 Å². The van der Waals surface area contributed by atoms with E-state index >= 15 is 0 Å². The summed E-state index contributed by atoms with van der Waals surface area (Å²) < 4.78 is 10.8. The monoisotopic (exact) mass is 276 g/mol. The Morgan fingerprint density at radius 3 is 2.40 bits per heavy atom. The van der Waals surface area contributed by atoms with Gasteiger partial charge in [0.2, 0.25) is 0 Å². The van der Waals surface area contributed by atoms with Gasteiger partial charge in [0.15, 0.2) is 0 Å². The smallest absolute Gasteiger partial charge is 0.119 e. The molecule has 0 saturated heterocycles. The standard InChI is InChI=1S/C16H24N2O2/c1-14(2)18(10-12-19-3)9-4-11-20-16-7-5-15(13-17)6-8-16/h5-8,14H,4,9-12H2,1-3H3. The molecule has 0 aliphatic rings. The lowest BCUT2D eigenvalue weighted by atomic mass is 10.2. The molecule has 4 heteroatoms. The molecule has 0 saturated carbocycles. The molecule has 0 aliphatic carbocycles. The number of ether oxygens (including phenoxy) is 2. The summed E-state index contributed by atoms with van der Waals surface area (Å²) in [6, 6.07) is 9.83. The number of benzene rings is 1. The van der Waals surface area contributed by atoms with Crippen molar-refractivity contribution >= 4 is 0 Å². The van der Waals surface area contributed by atoms with Crippen molar-refractivity contribution in [1.29, 1.82) is 5.26 Å². The van der Waals surface area contributed by atoms with Crippen molar-refractivity contribution in [2.75, 3.05) is 33.4 Å². The van der Waals surface area contributed by atoms with Crippen LogP contribution in [0.1, 0.15) is 25.8 Å². The zero-order valence-electron chi connectivity index (χ0n) is 12.6. The van der Waals surface area contributed by atoms with Gasteiger partial charge in [-0.2, -0.15) is 5.26 Å². The second kappa shape index (κ2) is 9.35. The number of hydrogen-bond acceptors (Lipinski definition) is 4. The summed E-state index contributed by atoms with van der Waals surface area (Å²) in [5.74, 6) is 0.817. The highest BCUT2D eigenvalue weighted by molar-refractivity contribution is 5.34. The zero-order chi connectivity index (χ0) is 14.8. The molecule has 0 unspecified atom stereocenters. The van der Waals surface area contributed by atoms with Crippen LogP contribution in [0.5, 0.6) is 5.75 Å². The van der Waals surface area contributed by atoms with Gasteiger partial charge in [0.25, 0.3) is 0 Å². The van der Waals surface area contributed by atoms with Crippen LogP contribution in [0.25, 0.3) is 0 Å². The zero-order valence-corrected chi connectivity index (χ0v) is 12.6. The average molecular weight is 276 g/mol. The summed E-state index contributed by atoms with van der Waals surface area (Å²) >= 11 is 0. The maximum absolute atomic E-state index is 8.72. The Kier molecular flexibility index (Phi) is 7.71. The summed E-state index contributed by atoms with van der Waals surface area (Å²) in [7, 11) is 1.73. The third kappa shape index (κ3) is 6.05. The SMILES string of the molecule is COCCN(CCCOc1ccc(C#N)cc1)C(C)C. The fourth-order valence-electron chi connectivity index (χ4n) is 1.92. The summed E-state index contributed by atoms with van der Waals surface area (Å²) in [6.45, 7) is 7.77. The Balaban J connectivity index is 2.27. The Bertz CT molecular complexity index is 409. The highest BCUT2D eigenvalue weighted by atomic mass is 16.5. The number of nitrogens with zero attached hydrogens (tertiary/aromatic N) is 2. The Labute approximate surface area is 121 Å². The maximum atomic E-state index is 8.72. The fraction of sp³-hybridized carbons (Fsp3) is 0.562. The molecule has 0 bridgehead atoms. The van der Waals surface area contributed by atoms with Crippen LogP contribution in [0, 0.1) is 11.3 Å². The van der Waals surface area contributed by atoms with E-state index in [4.69, 9.17) is 14.7 Å². The van der Waals surface area contributed by atoms with Crippen molar-refractivity contribution in [1.82, 2.24) is 4.90 Å². The van der Waals surface area contributed by atoms with Gasteiger partial charge in [-0.05, 0) is 44.5 Å². The van der Waals surface area contributed by atoms with Crippen LogP contribution < -0.4 is 4.74 Å². The molecule has 0 fully saturated rings. The van der Waals surface area contributed by atoms with Gasteiger partial charge in [-0.3, -0.25) is 4.90 Å². The minimum Gasteiger partial charge on any atom is -0.494 e. The number of rotatable bonds is 9. The summed E-state index contributed by atoms with van der Waals surface area (Å²) in [6.07, 6.45) is 0.974. The Morgan fingerprint density at radius 1 is 1.15 bits per heavy atom. The highest BCUT2D eigenvalue weighted by Gasteiger charge is 2.08. The number of hydrogen-bond donors (Lipinski definition) is 0. The van der Waals surface area contributed by atoms with E-state index in [9.17, 15) is 0 Å². The maximum Gasteiger partial charge on any atom is 0.119 e. The second-order valence-corrected chi connectivity index (χ2v) is 4.96. The lowest BCUT2D eigenvalue weighted by molar-refractivity contribution is 0.124. The van der Waals surface area contributed by atoms with Crippen molar-refractivity contribution in [2.24, 2.45) is 0 Å². The van der Waals surface area contributed by atoms with Gasteiger partial charge >= 0.3 is 0 Å². The molecule has 0 aromatic heterocycles. The molecular formula is C16H24N2O2. The molecule has 0 aliphatic heterocycles. The lowest BCUT2D eigenvalue weighted by Gasteiger charge is -2.25. The molecule has 1 aromatic carbocycles. The molecule has 0 N–H and O–H groups in total. The molecule has 0 atom stereocenters.